The van der Waals surface area contributed by atoms with Crippen molar-refractivity contribution in [2.75, 3.05) is 11.9 Å². The number of hydrogen-bond acceptors (Lipinski definition) is 3. The van der Waals surface area contributed by atoms with E-state index in [-0.39, 0.29) is 11.8 Å². The molecule has 2 aromatic rings. The Morgan fingerprint density at radius 2 is 1.76 bits per heavy atom. The number of unbranched alkanes of at least 4 members (excludes halogenated alkanes) is 4. The van der Waals surface area contributed by atoms with Crippen LogP contribution in [0.2, 0.25) is 0 Å². The Morgan fingerprint density at radius 1 is 1.00 bits per heavy atom. The van der Waals surface area contributed by atoms with Gasteiger partial charge in [-0.3, -0.25) is 4.79 Å². The van der Waals surface area contributed by atoms with Gasteiger partial charge in [0.2, 0.25) is 0 Å². The summed E-state index contributed by atoms with van der Waals surface area (Å²) in [5.41, 5.74) is 2.77. The molecular weight excluding hydrogens is 310 g/mol. The highest BCUT2D eigenvalue weighted by Crippen LogP contribution is 2.36. The van der Waals surface area contributed by atoms with Gasteiger partial charge in [0.25, 0.3) is 0 Å². The fourth-order valence-corrected chi connectivity index (χ4v) is 3.36. The fourth-order valence-electron chi connectivity index (χ4n) is 3.36. The second-order valence-electron chi connectivity index (χ2n) is 6.67. The van der Waals surface area contributed by atoms with E-state index in [1.807, 2.05) is 42.5 Å². The number of carbonyl (C=O) groups excluding carboxylic acids is 1. The molecule has 2 aromatic carbocycles. The largest absolute Gasteiger partial charge is 0.493 e. The van der Waals surface area contributed by atoms with Crippen molar-refractivity contribution < 1.29 is 9.53 Å². The molecule has 1 aliphatic heterocycles. The minimum atomic E-state index is -0.0290. The first-order chi connectivity index (χ1) is 12.3. The van der Waals surface area contributed by atoms with E-state index in [2.05, 4.69) is 18.3 Å². The monoisotopic (exact) mass is 337 g/mol. The summed E-state index contributed by atoms with van der Waals surface area (Å²) in [6, 6.07) is 15.8. The van der Waals surface area contributed by atoms with Crippen molar-refractivity contribution in [2.24, 2.45) is 0 Å². The SMILES string of the molecule is CCCCCCCOc1ccccc1C1CC(=O)c2ccccc2N1. The summed E-state index contributed by atoms with van der Waals surface area (Å²) in [6.45, 7) is 2.96. The number of fused-ring (bicyclic) bond motifs is 1. The lowest BCUT2D eigenvalue weighted by Gasteiger charge is -2.27. The second kappa shape index (κ2) is 8.70. The lowest BCUT2D eigenvalue weighted by Crippen LogP contribution is -2.23. The Bertz CT molecular complexity index is 711. The van der Waals surface area contributed by atoms with E-state index < -0.39 is 0 Å². The van der Waals surface area contributed by atoms with E-state index in [0.29, 0.717) is 6.42 Å². The van der Waals surface area contributed by atoms with Gasteiger partial charge < -0.3 is 10.1 Å². The first-order valence-electron chi connectivity index (χ1n) is 9.40. The summed E-state index contributed by atoms with van der Waals surface area (Å²) >= 11 is 0. The first-order valence-corrected chi connectivity index (χ1v) is 9.40. The summed E-state index contributed by atoms with van der Waals surface area (Å²) in [6.07, 6.45) is 6.58. The maximum absolute atomic E-state index is 12.5. The van der Waals surface area contributed by atoms with Crippen LogP contribution in [0.3, 0.4) is 0 Å². The molecule has 3 rings (SSSR count). The Hall–Kier alpha value is -2.29. The minimum absolute atomic E-state index is 0.0290. The average Bonchev–Trinajstić information content (AvgIpc) is 2.65. The molecule has 1 unspecified atom stereocenters. The van der Waals surface area contributed by atoms with Crippen LogP contribution in [0.4, 0.5) is 5.69 Å². The highest BCUT2D eigenvalue weighted by atomic mass is 16.5. The van der Waals surface area contributed by atoms with Crippen LogP contribution in [0.1, 0.15) is 67.4 Å². The van der Waals surface area contributed by atoms with Gasteiger partial charge in [-0.25, -0.2) is 0 Å². The number of hydrogen-bond donors (Lipinski definition) is 1. The molecule has 3 nitrogen and oxygen atoms in total. The van der Waals surface area contributed by atoms with E-state index in [9.17, 15) is 4.79 Å². The first kappa shape index (κ1) is 17.5. The van der Waals surface area contributed by atoms with Gasteiger partial charge in [0.05, 0.1) is 12.6 Å². The van der Waals surface area contributed by atoms with E-state index in [4.69, 9.17) is 4.74 Å². The van der Waals surface area contributed by atoms with Crippen molar-refractivity contribution in [3.63, 3.8) is 0 Å². The number of carbonyl (C=O) groups is 1. The predicted octanol–water partition coefficient (Wildman–Crippen LogP) is 5.78. The molecule has 25 heavy (non-hydrogen) atoms. The maximum atomic E-state index is 12.5. The minimum Gasteiger partial charge on any atom is -0.493 e. The zero-order valence-electron chi connectivity index (χ0n) is 15.0. The average molecular weight is 337 g/mol. The predicted molar refractivity (Wildman–Crippen MR) is 102 cm³/mol. The molecule has 0 radical (unpaired) electrons. The van der Waals surface area contributed by atoms with Gasteiger partial charge in [-0.2, -0.15) is 0 Å². The normalized spacial score (nSPS) is 16.2. The van der Waals surface area contributed by atoms with Crippen molar-refractivity contribution in [2.45, 2.75) is 51.5 Å². The summed E-state index contributed by atoms with van der Waals surface area (Å²) < 4.78 is 6.04. The van der Waals surface area contributed by atoms with Crippen LogP contribution in [-0.2, 0) is 0 Å². The van der Waals surface area contributed by atoms with Crippen LogP contribution in [0.5, 0.6) is 5.75 Å². The number of para-hydroxylation sites is 2. The van der Waals surface area contributed by atoms with Gasteiger partial charge in [0.1, 0.15) is 5.75 Å². The number of ether oxygens (including phenoxy) is 1. The van der Waals surface area contributed by atoms with Crippen molar-refractivity contribution >= 4 is 11.5 Å². The molecule has 0 fully saturated rings. The van der Waals surface area contributed by atoms with Gasteiger partial charge in [0, 0.05) is 23.2 Å². The van der Waals surface area contributed by atoms with Gasteiger partial charge in [-0.1, -0.05) is 62.9 Å². The van der Waals surface area contributed by atoms with Crippen LogP contribution in [0.15, 0.2) is 48.5 Å². The molecule has 1 aliphatic rings. The Morgan fingerprint density at radius 3 is 2.64 bits per heavy atom. The Labute approximate surface area is 150 Å². The molecule has 0 amide bonds. The standard InChI is InChI=1S/C22H27NO2/c1-2-3-4-5-10-15-25-22-14-9-7-12-18(22)20-16-21(24)17-11-6-8-13-19(17)23-20/h6-9,11-14,20,23H,2-5,10,15-16H2,1H3. The van der Waals surface area contributed by atoms with E-state index in [0.717, 1.165) is 35.6 Å². The van der Waals surface area contributed by atoms with Crippen LogP contribution >= 0.6 is 0 Å². The molecule has 132 valence electrons. The second-order valence-corrected chi connectivity index (χ2v) is 6.67. The molecule has 0 spiro atoms. The number of anilines is 1. The van der Waals surface area contributed by atoms with E-state index in [1.165, 1.54) is 25.7 Å². The van der Waals surface area contributed by atoms with Gasteiger partial charge in [0.15, 0.2) is 5.78 Å². The number of rotatable bonds is 8. The number of nitrogens with one attached hydrogen (secondary N) is 1. The van der Waals surface area contributed by atoms with Crippen molar-refractivity contribution in [3.8, 4) is 5.75 Å². The van der Waals surface area contributed by atoms with Crippen molar-refractivity contribution in [1.82, 2.24) is 0 Å². The van der Waals surface area contributed by atoms with E-state index >= 15 is 0 Å². The molecule has 1 N–H and O–H groups in total. The molecule has 0 saturated heterocycles. The highest BCUT2D eigenvalue weighted by molar-refractivity contribution is 6.03. The maximum Gasteiger partial charge on any atom is 0.167 e. The van der Waals surface area contributed by atoms with Gasteiger partial charge in [-0.15, -0.1) is 0 Å². The molecular formula is C22H27NO2. The molecule has 0 aromatic heterocycles. The summed E-state index contributed by atoms with van der Waals surface area (Å²) in [4.78, 5) is 12.5. The van der Waals surface area contributed by atoms with Crippen LogP contribution in [0.25, 0.3) is 0 Å². The third kappa shape index (κ3) is 4.41. The summed E-state index contributed by atoms with van der Waals surface area (Å²) in [5, 5.41) is 3.50. The Balaban J connectivity index is 1.66. The van der Waals surface area contributed by atoms with Crippen LogP contribution in [0, 0.1) is 0 Å². The van der Waals surface area contributed by atoms with E-state index in [1.54, 1.807) is 0 Å². The lowest BCUT2D eigenvalue weighted by molar-refractivity contribution is 0.0972. The highest BCUT2D eigenvalue weighted by Gasteiger charge is 2.27. The van der Waals surface area contributed by atoms with Gasteiger partial charge in [-0.05, 0) is 24.6 Å². The number of Topliss-reactive ketones (excluding diaryl/α,β-unsaturated/α-hetero) is 1. The lowest BCUT2D eigenvalue weighted by atomic mass is 9.92. The molecule has 1 heterocycles. The van der Waals surface area contributed by atoms with Gasteiger partial charge >= 0.3 is 0 Å². The van der Waals surface area contributed by atoms with Crippen LogP contribution in [-0.4, -0.2) is 12.4 Å². The Kier molecular flexibility index (Phi) is 6.10. The summed E-state index contributed by atoms with van der Waals surface area (Å²) in [7, 11) is 0. The molecule has 1 atom stereocenters. The zero-order chi connectivity index (χ0) is 17.5. The molecule has 0 aliphatic carbocycles. The van der Waals surface area contributed by atoms with Crippen LogP contribution < -0.4 is 10.1 Å². The number of benzene rings is 2. The summed E-state index contributed by atoms with van der Waals surface area (Å²) in [5.74, 6) is 1.08. The number of ketones is 1. The molecule has 0 bridgehead atoms. The quantitative estimate of drug-likeness (QED) is 0.621. The zero-order valence-corrected chi connectivity index (χ0v) is 15.0. The van der Waals surface area contributed by atoms with Crippen molar-refractivity contribution in [3.05, 3.63) is 59.7 Å². The fraction of sp³-hybridized carbons (Fsp3) is 0.409. The third-order valence-corrected chi connectivity index (χ3v) is 4.75. The third-order valence-electron chi connectivity index (χ3n) is 4.75. The molecule has 0 saturated carbocycles. The topological polar surface area (TPSA) is 38.3 Å². The smallest absolute Gasteiger partial charge is 0.167 e. The van der Waals surface area contributed by atoms with Crippen molar-refractivity contribution in [1.29, 1.82) is 0 Å². The molecule has 3 heteroatoms.